The SMILES string of the molecule is CNCCC(=O)N1CCOC(c2ccc(Br)cc2)C1.Cl. The monoisotopic (exact) mass is 362 g/mol. The van der Waals surface area contributed by atoms with Gasteiger partial charge in [-0.05, 0) is 24.7 Å². The lowest BCUT2D eigenvalue weighted by Gasteiger charge is -2.33. The van der Waals surface area contributed by atoms with Crippen molar-refractivity contribution < 1.29 is 9.53 Å². The first kappa shape index (κ1) is 17.4. The van der Waals surface area contributed by atoms with Crippen molar-refractivity contribution >= 4 is 34.2 Å². The molecular weight excluding hydrogens is 344 g/mol. The topological polar surface area (TPSA) is 41.6 Å². The molecule has 4 nitrogen and oxygen atoms in total. The van der Waals surface area contributed by atoms with Crippen molar-refractivity contribution in [1.29, 1.82) is 0 Å². The summed E-state index contributed by atoms with van der Waals surface area (Å²) in [6.45, 7) is 2.66. The zero-order valence-electron chi connectivity index (χ0n) is 11.5. The lowest BCUT2D eigenvalue weighted by molar-refractivity contribution is -0.138. The van der Waals surface area contributed by atoms with Crippen LogP contribution in [-0.2, 0) is 9.53 Å². The van der Waals surface area contributed by atoms with Gasteiger partial charge in [0.1, 0.15) is 6.10 Å². The van der Waals surface area contributed by atoms with Crippen LogP contribution in [0.4, 0.5) is 0 Å². The Hall–Kier alpha value is -0.620. The van der Waals surface area contributed by atoms with Crippen molar-refractivity contribution in [2.45, 2.75) is 12.5 Å². The van der Waals surface area contributed by atoms with Crippen LogP contribution in [0.1, 0.15) is 18.1 Å². The van der Waals surface area contributed by atoms with Gasteiger partial charge in [-0.25, -0.2) is 0 Å². The van der Waals surface area contributed by atoms with E-state index in [9.17, 15) is 4.79 Å². The highest BCUT2D eigenvalue weighted by molar-refractivity contribution is 9.10. The smallest absolute Gasteiger partial charge is 0.224 e. The second kappa shape index (κ2) is 8.62. The van der Waals surface area contributed by atoms with Crippen molar-refractivity contribution in [3.63, 3.8) is 0 Å². The van der Waals surface area contributed by atoms with Crippen molar-refractivity contribution in [2.75, 3.05) is 33.3 Å². The Kier molecular flexibility index (Phi) is 7.51. The fourth-order valence-electron chi connectivity index (χ4n) is 2.14. The Morgan fingerprint density at radius 3 is 2.80 bits per heavy atom. The molecule has 1 atom stereocenters. The number of ether oxygens (including phenoxy) is 1. The molecular formula is C14H20BrClN2O2. The van der Waals surface area contributed by atoms with Gasteiger partial charge in [-0.3, -0.25) is 4.79 Å². The average molecular weight is 364 g/mol. The maximum atomic E-state index is 12.0. The molecule has 20 heavy (non-hydrogen) atoms. The van der Waals surface area contributed by atoms with Crippen LogP contribution in [0.2, 0.25) is 0 Å². The fraction of sp³-hybridized carbons (Fsp3) is 0.500. The van der Waals surface area contributed by atoms with Gasteiger partial charge < -0.3 is 15.0 Å². The van der Waals surface area contributed by atoms with Gasteiger partial charge in [0, 0.05) is 24.0 Å². The van der Waals surface area contributed by atoms with E-state index in [2.05, 4.69) is 21.2 Å². The minimum Gasteiger partial charge on any atom is -0.370 e. The van der Waals surface area contributed by atoms with E-state index in [-0.39, 0.29) is 24.4 Å². The summed E-state index contributed by atoms with van der Waals surface area (Å²) in [6, 6.07) is 8.08. The summed E-state index contributed by atoms with van der Waals surface area (Å²) in [4.78, 5) is 13.9. The first-order chi connectivity index (χ1) is 9.20. The van der Waals surface area contributed by atoms with E-state index >= 15 is 0 Å². The molecule has 0 spiro atoms. The molecule has 0 bridgehead atoms. The highest BCUT2D eigenvalue weighted by Gasteiger charge is 2.24. The van der Waals surface area contributed by atoms with Gasteiger partial charge in [0.25, 0.3) is 0 Å². The van der Waals surface area contributed by atoms with Gasteiger partial charge in [-0.15, -0.1) is 12.4 Å². The van der Waals surface area contributed by atoms with Gasteiger partial charge in [0.2, 0.25) is 5.91 Å². The molecule has 1 saturated heterocycles. The predicted molar refractivity (Wildman–Crippen MR) is 85.2 cm³/mol. The number of nitrogens with zero attached hydrogens (tertiary/aromatic N) is 1. The summed E-state index contributed by atoms with van der Waals surface area (Å²) < 4.78 is 6.81. The van der Waals surface area contributed by atoms with Gasteiger partial charge in [-0.1, -0.05) is 28.1 Å². The molecule has 0 aliphatic carbocycles. The zero-order chi connectivity index (χ0) is 13.7. The fourth-order valence-corrected chi connectivity index (χ4v) is 2.41. The number of amides is 1. The van der Waals surface area contributed by atoms with Crippen molar-refractivity contribution in [3.05, 3.63) is 34.3 Å². The predicted octanol–water partition coefficient (Wildman–Crippen LogP) is 2.38. The molecule has 1 heterocycles. The Labute approximate surface area is 134 Å². The van der Waals surface area contributed by atoms with Crippen LogP contribution in [-0.4, -0.2) is 44.1 Å². The van der Waals surface area contributed by atoms with E-state index < -0.39 is 0 Å². The van der Waals surface area contributed by atoms with Crippen molar-refractivity contribution in [2.24, 2.45) is 0 Å². The van der Waals surface area contributed by atoms with E-state index in [4.69, 9.17) is 4.74 Å². The van der Waals surface area contributed by atoms with Crippen LogP contribution < -0.4 is 5.32 Å². The number of carbonyl (C=O) groups is 1. The number of carbonyl (C=O) groups excluding carboxylic acids is 1. The van der Waals surface area contributed by atoms with E-state index in [1.165, 1.54) is 0 Å². The first-order valence-electron chi connectivity index (χ1n) is 6.50. The molecule has 1 aromatic rings. The molecule has 1 fully saturated rings. The molecule has 1 aliphatic heterocycles. The minimum absolute atomic E-state index is 0. The summed E-state index contributed by atoms with van der Waals surface area (Å²) in [5.74, 6) is 0.194. The van der Waals surface area contributed by atoms with Crippen LogP contribution in [0.5, 0.6) is 0 Å². The third-order valence-corrected chi connectivity index (χ3v) is 3.78. The van der Waals surface area contributed by atoms with E-state index in [0.29, 0.717) is 26.1 Å². The first-order valence-corrected chi connectivity index (χ1v) is 7.29. The lowest BCUT2D eigenvalue weighted by atomic mass is 10.1. The second-order valence-electron chi connectivity index (χ2n) is 4.60. The standard InChI is InChI=1S/C14H19BrN2O2.ClH/c1-16-7-6-14(18)17-8-9-19-13(10-17)11-2-4-12(15)5-3-11;/h2-5,13,16H,6-10H2,1H3;1H. The van der Waals surface area contributed by atoms with Crippen LogP contribution in [0, 0.1) is 0 Å². The van der Waals surface area contributed by atoms with Crippen LogP contribution in [0.25, 0.3) is 0 Å². The number of hydrogen-bond acceptors (Lipinski definition) is 3. The molecule has 2 rings (SSSR count). The summed E-state index contributed by atoms with van der Waals surface area (Å²) in [5, 5.41) is 3.00. The van der Waals surface area contributed by atoms with E-state index in [1.54, 1.807) is 0 Å². The van der Waals surface area contributed by atoms with Crippen LogP contribution in [0.3, 0.4) is 0 Å². The normalized spacial score (nSPS) is 18.5. The van der Waals surface area contributed by atoms with E-state index in [1.807, 2.05) is 36.2 Å². The molecule has 1 unspecified atom stereocenters. The average Bonchev–Trinajstić information content (AvgIpc) is 2.45. The zero-order valence-corrected chi connectivity index (χ0v) is 13.9. The summed E-state index contributed by atoms with van der Waals surface area (Å²) >= 11 is 3.42. The quantitative estimate of drug-likeness (QED) is 0.893. The summed E-state index contributed by atoms with van der Waals surface area (Å²) in [5.41, 5.74) is 1.12. The number of hydrogen-bond donors (Lipinski definition) is 1. The molecule has 0 aromatic heterocycles. The third-order valence-electron chi connectivity index (χ3n) is 3.25. The van der Waals surface area contributed by atoms with Gasteiger partial charge >= 0.3 is 0 Å². The molecule has 1 aromatic carbocycles. The maximum Gasteiger partial charge on any atom is 0.224 e. The number of benzene rings is 1. The largest absolute Gasteiger partial charge is 0.370 e. The molecule has 0 radical (unpaired) electrons. The molecule has 1 aliphatic rings. The summed E-state index contributed by atoms with van der Waals surface area (Å²) in [7, 11) is 1.86. The minimum atomic E-state index is -0.0135. The Balaban J connectivity index is 0.00000200. The second-order valence-corrected chi connectivity index (χ2v) is 5.52. The van der Waals surface area contributed by atoms with E-state index in [0.717, 1.165) is 16.6 Å². The van der Waals surface area contributed by atoms with Crippen molar-refractivity contribution in [3.8, 4) is 0 Å². The molecule has 1 amide bonds. The Bertz CT molecular complexity index is 428. The van der Waals surface area contributed by atoms with Gasteiger partial charge in [0.15, 0.2) is 0 Å². The maximum absolute atomic E-state index is 12.0. The highest BCUT2D eigenvalue weighted by atomic mass is 79.9. The third kappa shape index (κ3) is 4.74. The molecule has 112 valence electrons. The lowest BCUT2D eigenvalue weighted by Crippen LogP contribution is -2.42. The number of nitrogens with one attached hydrogen (secondary N) is 1. The Morgan fingerprint density at radius 2 is 2.15 bits per heavy atom. The molecule has 1 N–H and O–H groups in total. The van der Waals surface area contributed by atoms with Gasteiger partial charge in [0.05, 0.1) is 13.2 Å². The Morgan fingerprint density at radius 1 is 1.45 bits per heavy atom. The number of rotatable bonds is 4. The van der Waals surface area contributed by atoms with Crippen LogP contribution in [0.15, 0.2) is 28.7 Å². The van der Waals surface area contributed by atoms with Crippen molar-refractivity contribution in [1.82, 2.24) is 10.2 Å². The molecule has 6 heteroatoms. The summed E-state index contributed by atoms with van der Waals surface area (Å²) in [6.07, 6.45) is 0.532. The van der Waals surface area contributed by atoms with Crippen LogP contribution >= 0.6 is 28.3 Å². The van der Waals surface area contributed by atoms with Gasteiger partial charge in [-0.2, -0.15) is 0 Å². The number of halogens is 2. The molecule has 0 saturated carbocycles. The highest BCUT2D eigenvalue weighted by Crippen LogP contribution is 2.24. The number of morpholine rings is 1.